The van der Waals surface area contributed by atoms with Gasteiger partial charge in [-0.25, -0.2) is 4.98 Å². The number of fused-ring (bicyclic) bond motifs is 1. The third-order valence-corrected chi connectivity index (χ3v) is 7.53. The minimum atomic E-state index is -0.0592. The molecule has 7 heteroatoms. The van der Waals surface area contributed by atoms with Crippen molar-refractivity contribution in [2.45, 2.75) is 38.9 Å². The molecule has 0 saturated heterocycles. The Kier molecular flexibility index (Phi) is 5.79. The van der Waals surface area contributed by atoms with Gasteiger partial charge in [-0.15, -0.1) is 29.3 Å². The number of hydrogen-bond acceptors (Lipinski definition) is 6. The van der Waals surface area contributed by atoms with Crippen molar-refractivity contribution in [2.24, 2.45) is 0 Å². The van der Waals surface area contributed by atoms with Gasteiger partial charge in [0.05, 0.1) is 16.0 Å². The van der Waals surface area contributed by atoms with E-state index in [1.807, 2.05) is 26.0 Å². The van der Waals surface area contributed by atoms with Gasteiger partial charge in [-0.1, -0.05) is 24.8 Å². The minimum Gasteiger partial charge on any atom is -0.292 e. The van der Waals surface area contributed by atoms with Crippen molar-refractivity contribution in [1.82, 2.24) is 9.55 Å². The average molecular weight is 405 g/mol. The molecule has 0 saturated carbocycles. The number of hydrogen-bond donors (Lipinski definition) is 0. The fraction of sp³-hybridized carbons (Fsp3) is 0.316. The number of nitrogens with zero attached hydrogens (tertiary/aromatic N) is 2. The maximum absolute atomic E-state index is 12.9. The lowest BCUT2D eigenvalue weighted by atomic mass is 10.2. The second-order valence-corrected chi connectivity index (χ2v) is 9.21. The van der Waals surface area contributed by atoms with Gasteiger partial charge in [0.15, 0.2) is 10.9 Å². The maximum atomic E-state index is 12.9. The Balaban J connectivity index is 1.93. The van der Waals surface area contributed by atoms with Crippen molar-refractivity contribution in [3.8, 4) is 0 Å². The predicted molar refractivity (Wildman–Crippen MR) is 112 cm³/mol. The molecule has 0 spiro atoms. The zero-order valence-electron chi connectivity index (χ0n) is 15.0. The Morgan fingerprint density at radius 2 is 2.12 bits per heavy atom. The van der Waals surface area contributed by atoms with Gasteiger partial charge in [-0.2, -0.15) is 0 Å². The fourth-order valence-corrected chi connectivity index (χ4v) is 5.57. The van der Waals surface area contributed by atoms with E-state index in [0.717, 1.165) is 26.6 Å². The molecule has 4 nitrogen and oxygen atoms in total. The summed E-state index contributed by atoms with van der Waals surface area (Å²) >= 11 is 4.38. The number of thiophene rings is 2. The van der Waals surface area contributed by atoms with Crippen molar-refractivity contribution in [3.63, 3.8) is 0 Å². The highest BCUT2D eigenvalue weighted by Crippen LogP contribution is 2.29. The van der Waals surface area contributed by atoms with Crippen LogP contribution in [-0.2, 0) is 13.0 Å². The fourth-order valence-electron chi connectivity index (χ4n) is 2.63. The first-order valence-corrected chi connectivity index (χ1v) is 10.9. The summed E-state index contributed by atoms with van der Waals surface area (Å²) in [5.41, 5.74) is 0.926. The minimum absolute atomic E-state index is 0.0592. The van der Waals surface area contributed by atoms with E-state index in [1.165, 1.54) is 39.3 Å². The van der Waals surface area contributed by atoms with Gasteiger partial charge >= 0.3 is 0 Å². The standard InChI is InChI=1S/C19H20N2O2S3/c1-5-9-21-18(23)16-11(3)12(4)25-17(16)20-19(21)24-10-14(22)15-8-7-13(6-2)26-15/h5,7-8H,1,6,9-10H2,2-4H3. The first kappa shape index (κ1) is 19.1. The number of Topliss-reactive ketones (excluding diaryl/α,β-unsaturated/α-hetero) is 1. The van der Waals surface area contributed by atoms with Gasteiger partial charge < -0.3 is 0 Å². The normalized spacial score (nSPS) is 11.2. The highest BCUT2D eigenvalue weighted by atomic mass is 32.2. The highest BCUT2D eigenvalue weighted by Gasteiger charge is 2.18. The average Bonchev–Trinajstić information content (AvgIpc) is 3.21. The zero-order chi connectivity index (χ0) is 18.8. The molecule has 0 bridgehead atoms. The summed E-state index contributed by atoms with van der Waals surface area (Å²) in [4.78, 5) is 33.9. The van der Waals surface area contributed by atoms with Gasteiger partial charge in [0.25, 0.3) is 5.56 Å². The third-order valence-electron chi connectivity index (χ3n) is 4.18. The molecule has 26 heavy (non-hydrogen) atoms. The number of thioether (sulfide) groups is 1. The van der Waals surface area contributed by atoms with Crippen LogP contribution in [0.4, 0.5) is 0 Å². The smallest absolute Gasteiger partial charge is 0.263 e. The second-order valence-electron chi connectivity index (χ2n) is 5.89. The first-order chi connectivity index (χ1) is 12.5. The molecule has 136 valence electrons. The summed E-state index contributed by atoms with van der Waals surface area (Å²) in [5, 5.41) is 1.25. The van der Waals surface area contributed by atoms with E-state index >= 15 is 0 Å². The Morgan fingerprint density at radius 3 is 2.77 bits per heavy atom. The molecule has 0 radical (unpaired) electrons. The van der Waals surface area contributed by atoms with Gasteiger partial charge in [0.2, 0.25) is 0 Å². The van der Waals surface area contributed by atoms with E-state index in [2.05, 4.69) is 18.5 Å². The van der Waals surface area contributed by atoms with Crippen molar-refractivity contribution in [2.75, 3.05) is 5.75 Å². The number of allylic oxidation sites excluding steroid dienone is 1. The zero-order valence-corrected chi connectivity index (χ0v) is 17.4. The molecule has 0 atom stereocenters. The quantitative estimate of drug-likeness (QED) is 0.244. The number of rotatable bonds is 7. The molecule has 0 unspecified atom stereocenters. The van der Waals surface area contributed by atoms with E-state index in [-0.39, 0.29) is 17.1 Å². The third kappa shape index (κ3) is 3.56. The lowest BCUT2D eigenvalue weighted by molar-refractivity contribution is 0.102. The van der Waals surface area contributed by atoms with Crippen LogP contribution < -0.4 is 5.56 Å². The molecule has 0 fully saturated rings. The summed E-state index contributed by atoms with van der Waals surface area (Å²) in [6, 6.07) is 3.88. The van der Waals surface area contributed by atoms with Crippen LogP contribution in [0.3, 0.4) is 0 Å². The summed E-state index contributed by atoms with van der Waals surface area (Å²) in [6.07, 6.45) is 2.61. The highest BCUT2D eigenvalue weighted by molar-refractivity contribution is 7.99. The van der Waals surface area contributed by atoms with Crippen LogP contribution in [0.15, 0.2) is 34.7 Å². The van der Waals surface area contributed by atoms with Crippen LogP contribution in [0, 0.1) is 13.8 Å². The summed E-state index contributed by atoms with van der Waals surface area (Å²) in [6.45, 7) is 10.1. The molecule has 0 aromatic carbocycles. The van der Waals surface area contributed by atoms with E-state index < -0.39 is 0 Å². The van der Waals surface area contributed by atoms with Crippen LogP contribution >= 0.6 is 34.4 Å². The van der Waals surface area contributed by atoms with E-state index in [1.54, 1.807) is 10.6 Å². The van der Waals surface area contributed by atoms with Gasteiger partial charge in [-0.05, 0) is 38.0 Å². The maximum Gasteiger partial charge on any atom is 0.263 e. The van der Waals surface area contributed by atoms with Gasteiger partial charge in [-0.3, -0.25) is 14.2 Å². The number of aryl methyl sites for hydroxylation is 3. The van der Waals surface area contributed by atoms with Crippen LogP contribution in [-0.4, -0.2) is 21.1 Å². The predicted octanol–water partition coefficient (Wildman–Crippen LogP) is 4.86. The Labute approximate surface area is 164 Å². The van der Waals surface area contributed by atoms with Crippen molar-refractivity contribution in [3.05, 3.63) is 55.3 Å². The van der Waals surface area contributed by atoms with Crippen molar-refractivity contribution >= 4 is 50.4 Å². The first-order valence-electron chi connectivity index (χ1n) is 8.32. The molecule has 3 rings (SSSR count). The molecule has 3 heterocycles. The van der Waals surface area contributed by atoms with Crippen LogP contribution in [0.1, 0.15) is 31.9 Å². The summed E-state index contributed by atoms with van der Waals surface area (Å²) in [7, 11) is 0. The van der Waals surface area contributed by atoms with Crippen LogP contribution in [0.5, 0.6) is 0 Å². The topological polar surface area (TPSA) is 52.0 Å². The van der Waals surface area contributed by atoms with E-state index in [9.17, 15) is 9.59 Å². The van der Waals surface area contributed by atoms with E-state index in [0.29, 0.717) is 17.1 Å². The number of aromatic nitrogens is 2. The Bertz CT molecular complexity index is 1040. The lowest BCUT2D eigenvalue weighted by Crippen LogP contribution is -2.23. The summed E-state index contributed by atoms with van der Waals surface area (Å²) < 4.78 is 1.61. The van der Waals surface area contributed by atoms with E-state index in [4.69, 9.17) is 0 Å². The molecule has 0 N–H and O–H groups in total. The van der Waals surface area contributed by atoms with Gasteiger partial charge in [0.1, 0.15) is 4.83 Å². The summed E-state index contributed by atoms with van der Waals surface area (Å²) in [5.74, 6) is 0.333. The molecule has 0 aliphatic heterocycles. The molecular formula is C19H20N2O2S3. The van der Waals surface area contributed by atoms with Crippen LogP contribution in [0.2, 0.25) is 0 Å². The molecule has 0 aliphatic rings. The molecule has 0 aliphatic carbocycles. The van der Waals surface area contributed by atoms with Gasteiger partial charge in [0, 0.05) is 16.3 Å². The molecule has 0 amide bonds. The Hall–Kier alpha value is -1.70. The lowest BCUT2D eigenvalue weighted by Gasteiger charge is -2.09. The number of ketones is 1. The molecule has 3 aromatic heterocycles. The van der Waals surface area contributed by atoms with Crippen molar-refractivity contribution < 1.29 is 4.79 Å². The largest absolute Gasteiger partial charge is 0.292 e. The number of carbonyl (C=O) groups is 1. The Morgan fingerprint density at radius 1 is 1.35 bits per heavy atom. The number of carbonyl (C=O) groups excluding carboxylic acids is 1. The molecule has 3 aromatic rings. The van der Waals surface area contributed by atoms with Crippen LogP contribution in [0.25, 0.3) is 10.2 Å². The second kappa shape index (κ2) is 7.90. The van der Waals surface area contributed by atoms with Crippen molar-refractivity contribution in [1.29, 1.82) is 0 Å². The monoisotopic (exact) mass is 404 g/mol. The SMILES string of the molecule is C=CCn1c(SCC(=O)c2ccc(CC)s2)nc2sc(C)c(C)c2c1=O. The molecular weight excluding hydrogens is 384 g/mol.